The molecule has 0 saturated carbocycles. The van der Waals surface area contributed by atoms with Crippen molar-refractivity contribution in [2.75, 3.05) is 13.1 Å². The van der Waals surface area contributed by atoms with Crippen molar-refractivity contribution in [2.24, 2.45) is 0 Å². The highest BCUT2D eigenvalue weighted by Gasteiger charge is 2.22. The molecule has 9 nitrogen and oxygen atoms in total. The number of H-pyrrole nitrogens is 1. The maximum Gasteiger partial charge on any atom is 0.323 e. The standard InChI is InChI=1S/C7H8N4O5/c12-4(13)1-11(2-5(14)15)7(16)6-8-3-9-10-6/h3H,1-2H2,(H,12,13)(H,14,15)(H,8,9,10). The first-order valence-corrected chi connectivity index (χ1v) is 4.09. The highest BCUT2D eigenvalue weighted by Crippen LogP contribution is 1.97. The SMILES string of the molecule is O=C(O)CN(CC(=O)O)C(=O)c1ncn[nH]1. The molecule has 86 valence electrons. The lowest BCUT2D eigenvalue weighted by Gasteiger charge is -2.16. The normalized spacial score (nSPS) is 9.75. The van der Waals surface area contributed by atoms with Crippen molar-refractivity contribution in [1.82, 2.24) is 20.1 Å². The third-order valence-corrected chi connectivity index (χ3v) is 1.56. The molecule has 1 heterocycles. The molecule has 1 aromatic rings. The number of carbonyl (C=O) groups is 3. The van der Waals surface area contributed by atoms with E-state index >= 15 is 0 Å². The number of aromatic nitrogens is 3. The van der Waals surface area contributed by atoms with Crippen LogP contribution in [0.25, 0.3) is 0 Å². The second-order valence-corrected chi connectivity index (χ2v) is 2.78. The van der Waals surface area contributed by atoms with Gasteiger partial charge >= 0.3 is 11.9 Å². The number of rotatable bonds is 5. The Kier molecular flexibility index (Phi) is 3.53. The van der Waals surface area contributed by atoms with Gasteiger partial charge in [0.05, 0.1) is 0 Å². The average molecular weight is 228 g/mol. The number of hydrogen-bond donors (Lipinski definition) is 3. The summed E-state index contributed by atoms with van der Waals surface area (Å²) in [5.74, 6) is -3.66. The fraction of sp³-hybridized carbons (Fsp3) is 0.286. The largest absolute Gasteiger partial charge is 0.480 e. The maximum absolute atomic E-state index is 11.5. The summed E-state index contributed by atoms with van der Waals surface area (Å²) >= 11 is 0. The second kappa shape index (κ2) is 4.87. The lowest BCUT2D eigenvalue weighted by Crippen LogP contribution is -2.39. The van der Waals surface area contributed by atoms with Crippen LogP contribution < -0.4 is 0 Å². The van der Waals surface area contributed by atoms with Gasteiger partial charge in [-0.15, -0.1) is 0 Å². The van der Waals surface area contributed by atoms with E-state index in [9.17, 15) is 14.4 Å². The molecule has 0 atom stereocenters. The molecule has 0 aliphatic carbocycles. The lowest BCUT2D eigenvalue weighted by atomic mass is 10.4. The van der Waals surface area contributed by atoms with Crippen LogP contribution in [-0.4, -0.2) is 61.2 Å². The Bertz CT molecular complexity index is 385. The Morgan fingerprint density at radius 2 is 1.81 bits per heavy atom. The van der Waals surface area contributed by atoms with E-state index in [2.05, 4.69) is 15.2 Å². The van der Waals surface area contributed by atoms with Gasteiger partial charge in [0.2, 0.25) is 5.82 Å². The number of nitrogens with one attached hydrogen (secondary N) is 1. The first kappa shape index (κ1) is 11.6. The molecule has 9 heteroatoms. The molecule has 0 fully saturated rings. The number of nitrogens with zero attached hydrogens (tertiary/aromatic N) is 3. The summed E-state index contributed by atoms with van der Waals surface area (Å²) in [5.41, 5.74) is 0. The van der Waals surface area contributed by atoms with Crippen molar-refractivity contribution in [2.45, 2.75) is 0 Å². The van der Waals surface area contributed by atoms with Crippen LogP contribution in [0.1, 0.15) is 10.6 Å². The summed E-state index contributed by atoms with van der Waals surface area (Å²) in [6.07, 6.45) is 1.06. The maximum atomic E-state index is 11.5. The van der Waals surface area contributed by atoms with Crippen LogP contribution in [0.5, 0.6) is 0 Å². The van der Waals surface area contributed by atoms with Crippen LogP contribution in [0.15, 0.2) is 6.33 Å². The van der Waals surface area contributed by atoms with Crippen molar-refractivity contribution >= 4 is 17.8 Å². The highest BCUT2D eigenvalue weighted by atomic mass is 16.4. The van der Waals surface area contributed by atoms with Gasteiger partial charge in [-0.1, -0.05) is 0 Å². The summed E-state index contributed by atoms with van der Waals surface area (Å²) in [6, 6.07) is 0. The zero-order valence-electron chi connectivity index (χ0n) is 7.95. The fourth-order valence-corrected chi connectivity index (χ4v) is 0.984. The van der Waals surface area contributed by atoms with E-state index in [0.29, 0.717) is 4.90 Å². The van der Waals surface area contributed by atoms with Gasteiger partial charge in [0.15, 0.2) is 0 Å². The smallest absolute Gasteiger partial charge is 0.323 e. The third kappa shape index (κ3) is 3.04. The first-order valence-electron chi connectivity index (χ1n) is 4.09. The molecule has 3 N–H and O–H groups in total. The minimum absolute atomic E-state index is 0.206. The van der Waals surface area contributed by atoms with Gasteiger partial charge in [-0.2, -0.15) is 5.10 Å². The lowest BCUT2D eigenvalue weighted by molar-refractivity contribution is -0.140. The Morgan fingerprint density at radius 1 is 1.25 bits per heavy atom. The zero-order valence-corrected chi connectivity index (χ0v) is 7.95. The summed E-state index contributed by atoms with van der Waals surface area (Å²) in [6.45, 7) is -1.43. The van der Waals surface area contributed by atoms with Gasteiger partial charge < -0.3 is 15.1 Å². The van der Waals surface area contributed by atoms with Crippen molar-refractivity contribution in [3.8, 4) is 0 Å². The Hall–Kier alpha value is -2.45. The van der Waals surface area contributed by atoms with Crippen LogP contribution in [0.4, 0.5) is 0 Å². The van der Waals surface area contributed by atoms with Gasteiger partial charge in [0, 0.05) is 0 Å². The van der Waals surface area contributed by atoms with Crippen LogP contribution in [0.3, 0.4) is 0 Å². The van der Waals surface area contributed by atoms with E-state index in [0.717, 1.165) is 6.33 Å². The molecule has 0 bridgehead atoms. The van der Waals surface area contributed by atoms with E-state index in [1.165, 1.54) is 0 Å². The van der Waals surface area contributed by atoms with Gasteiger partial charge in [0.1, 0.15) is 19.4 Å². The van der Waals surface area contributed by atoms with Crippen molar-refractivity contribution in [3.63, 3.8) is 0 Å². The average Bonchev–Trinajstić information content (AvgIpc) is 2.66. The fourth-order valence-electron chi connectivity index (χ4n) is 0.984. The molecular formula is C7H8N4O5. The summed E-state index contributed by atoms with van der Waals surface area (Å²) in [4.78, 5) is 36.5. The molecule has 0 radical (unpaired) electrons. The topological polar surface area (TPSA) is 136 Å². The molecule has 16 heavy (non-hydrogen) atoms. The molecular weight excluding hydrogens is 220 g/mol. The third-order valence-electron chi connectivity index (χ3n) is 1.56. The van der Waals surface area contributed by atoms with Crippen LogP contribution in [0.2, 0.25) is 0 Å². The number of carbonyl (C=O) groups excluding carboxylic acids is 1. The van der Waals surface area contributed by atoms with Gasteiger partial charge in [-0.05, 0) is 0 Å². The monoisotopic (exact) mass is 228 g/mol. The highest BCUT2D eigenvalue weighted by molar-refractivity contribution is 5.94. The van der Waals surface area contributed by atoms with E-state index < -0.39 is 30.9 Å². The number of aliphatic carboxylic acids is 2. The summed E-state index contributed by atoms with van der Waals surface area (Å²) in [5, 5.41) is 22.7. The number of amides is 1. The molecule has 0 unspecified atom stereocenters. The first-order chi connectivity index (χ1) is 7.50. The molecule has 1 amide bonds. The Labute approximate surface area is 88.7 Å². The van der Waals surface area contributed by atoms with Crippen LogP contribution in [0, 0.1) is 0 Å². The van der Waals surface area contributed by atoms with Crippen molar-refractivity contribution in [3.05, 3.63) is 12.2 Å². The zero-order chi connectivity index (χ0) is 12.1. The Balaban J connectivity index is 2.79. The summed E-state index contributed by atoms with van der Waals surface area (Å²) in [7, 11) is 0. The van der Waals surface area contributed by atoms with Gasteiger partial charge in [-0.25, -0.2) is 4.98 Å². The predicted molar refractivity (Wildman–Crippen MR) is 47.6 cm³/mol. The number of hydrogen-bond acceptors (Lipinski definition) is 5. The van der Waals surface area contributed by atoms with Gasteiger partial charge in [-0.3, -0.25) is 19.5 Å². The second-order valence-electron chi connectivity index (χ2n) is 2.78. The number of aromatic amines is 1. The quantitative estimate of drug-likeness (QED) is 0.552. The van der Waals surface area contributed by atoms with Crippen LogP contribution >= 0.6 is 0 Å². The summed E-state index contributed by atoms with van der Waals surface area (Å²) < 4.78 is 0. The molecule has 0 aromatic carbocycles. The van der Waals surface area contributed by atoms with Gasteiger partial charge in [0.25, 0.3) is 5.91 Å². The minimum Gasteiger partial charge on any atom is -0.480 e. The van der Waals surface area contributed by atoms with Crippen molar-refractivity contribution < 1.29 is 24.6 Å². The molecule has 1 rings (SSSR count). The van der Waals surface area contributed by atoms with E-state index in [1.807, 2.05) is 0 Å². The predicted octanol–water partition coefficient (Wildman–Crippen LogP) is -1.58. The molecule has 0 aliphatic heterocycles. The van der Waals surface area contributed by atoms with E-state index in [-0.39, 0.29) is 5.82 Å². The van der Waals surface area contributed by atoms with Crippen LogP contribution in [-0.2, 0) is 9.59 Å². The Morgan fingerprint density at radius 3 is 2.19 bits per heavy atom. The number of carboxylic acids is 2. The molecule has 0 spiro atoms. The molecule has 0 aliphatic rings. The number of carboxylic acid groups (broad SMARTS) is 2. The molecule has 0 saturated heterocycles. The molecule has 1 aromatic heterocycles. The van der Waals surface area contributed by atoms with E-state index in [4.69, 9.17) is 10.2 Å². The van der Waals surface area contributed by atoms with E-state index in [1.54, 1.807) is 0 Å². The minimum atomic E-state index is -1.31. The van der Waals surface area contributed by atoms with Crippen molar-refractivity contribution in [1.29, 1.82) is 0 Å².